The van der Waals surface area contributed by atoms with Crippen molar-refractivity contribution in [3.63, 3.8) is 0 Å². The van der Waals surface area contributed by atoms with E-state index in [1.54, 1.807) is 18.5 Å². The number of nitrogens with zero attached hydrogens (tertiary/aromatic N) is 3. The Morgan fingerprint density at radius 1 is 1.27 bits per heavy atom. The quantitative estimate of drug-likeness (QED) is 0.558. The SMILES string of the molecule is Clc1ncnc2ccncc12. The topological polar surface area (TPSA) is 38.7 Å². The minimum Gasteiger partial charge on any atom is -0.264 e. The summed E-state index contributed by atoms with van der Waals surface area (Å²) in [4.78, 5) is 11.7. The van der Waals surface area contributed by atoms with Gasteiger partial charge in [-0.1, -0.05) is 11.6 Å². The zero-order valence-electron chi connectivity index (χ0n) is 5.53. The third-order valence-corrected chi connectivity index (χ3v) is 1.69. The molecule has 0 N–H and O–H groups in total. The fraction of sp³-hybridized carbons (Fsp3) is 0. The van der Waals surface area contributed by atoms with Gasteiger partial charge in [0, 0.05) is 12.4 Å². The van der Waals surface area contributed by atoms with Gasteiger partial charge in [-0.25, -0.2) is 9.97 Å². The summed E-state index contributed by atoms with van der Waals surface area (Å²) in [6.45, 7) is 0. The van der Waals surface area contributed by atoms with E-state index in [0.29, 0.717) is 5.15 Å². The minimum atomic E-state index is 0.447. The average Bonchev–Trinajstić information content (AvgIpc) is 2.06. The molecule has 0 atom stereocenters. The van der Waals surface area contributed by atoms with Crippen molar-refractivity contribution in [2.75, 3.05) is 0 Å². The maximum absolute atomic E-state index is 5.77. The number of rotatable bonds is 0. The van der Waals surface area contributed by atoms with Crippen molar-refractivity contribution in [1.29, 1.82) is 0 Å². The van der Waals surface area contributed by atoms with E-state index < -0.39 is 0 Å². The molecule has 4 heteroatoms. The van der Waals surface area contributed by atoms with Crippen LogP contribution in [-0.4, -0.2) is 15.0 Å². The molecule has 0 aliphatic carbocycles. The van der Waals surface area contributed by atoms with Crippen LogP contribution in [0.4, 0.5) is 0 Å². The van der Waals surface area contributed by atoms with Gasteiger partial charge in [-0.2, -0.15) is 0 Å². The molecule has 2 aromatic rings. The lowest BCUT2D eigenvalue weighted by molar-refractivity contribution is 1.21. The van der Waals surface area contributed by atoms with Crippen molar-refractivity contribution in [3.8, 4) is 0 Å². The molecule has 0 aromatic carbocycles. The van der Waals surface area contributed by atoms with Crippen LogP contribution >= 0.6 is 11.6 Å². The molecule has 0 spiro atoms. The van der Waals surface area contributed by atoms with E-state index in [9.17, 15) is 0 Å². The van der Waals surface area contributed by atoms with E-state index in [2.05, 4.69) is 15.0 Å². The first-order valence-corrected chi connectivity index (χ1v) is 3.46. The molecule has 2 heterocycles. The summed E-state index contributed by atoms with van der Waals surface area (Å²) in [6, 6.07) is 1.79. The minimum absolute atomic E-state index is 0.447. The summed E-state index contributed by atoms with van der Waals surface area (Å²) >= 11 is 5.77. The van der Waals surface area contributed by atoms with E-state index in [1.165, 1.54) is 6.33 Å². The van der Waals surface area contributed by atoms with Crippen molar-refractivity contribution in [2.24, 2.45) is 0 Å². The fourth-order valence-corrected chi connectivity index (χ4v) is 1.06. The Morgan fingerprint density at radius 3 is 3.00 bits per heavy atom. The van der Waals surface area contributed by atoms with Gasteiger partial charge in [-0.05, 0) is 6.07 Å². The van der Waals surface area contributed by atoms with Crippen molar-refractivity contribution in [3.05, 3.63) is 29.9 Å². The van der Waals surface area contributed by atoms with Crippen LogP contribution in [0.1, 0.15) is 0 Å². The highest BCUT2D eigenvalue weighted by molar-refractivity contribution is 6.33. The molecule has 0 amide bonds. The Hall–Kier alpha value is -1.22. The first-order chi connectivity index (χ1) is 5.38. The summed E-state index contributed by atoms with van der Waals surface area (Å²) in [5.41, 5.74) is 0.819. The summed E-state index contributed by atoms with van der Waals surface area (Å²) in [5, 5.41) is 1.24. The fourth-order valence-electron chi connectivity index (χ4n) is 0.870. The van der Waals surface area contributed by atoms with Gasteiger partial charge in [0.25, 0.3) is 0 Å². The third-order valence-electron chi connectivity index (χ3n) is 1.39. The maximum Gasteiger partial charge on any atom is 0.141 e. The first-order valence-electron chi connectivity index (χ1n) is 3.08. The number of fused-ring (bicyclic) bond motifs is 1. The van der Waals surface area contributed by atoms with Crippen molar-refractivity contribution in [1.82, 2.24) is 15.0 Å². The largest absolute Gasteiger partial charge is 0.264 e. The van der Waals surface area contributed by atoms with Crippen molar-refractivity contribution in [2.45, 2.75) is 0 Å². The monoisotopic (exact) mass is 165 g/mol. The van der Waals surface area contributed by atoms with Gasteiger partial charge in [0.05, 0.1) is 10.9 Å². The van der Waals surface area contributed by atoms with E-state index in [-0.39, 0.29) is 0 Å². The van der Waals surface area contributed by atoms with Crippen LogP contribution < -0.4 is 0 Å². The number of hydrogen-bond acceptors (Lipinski definition) is 3. The Balaban J connectivity index is 2.91. The molecule has 0 fully saturated rings. The first kappa shape index (κ1) is 6.49. The normalized spacial score (nSPS) is 10.3. The maximum atomic E-state index is 5.77. The van der Waals surface area contributed by atoms with Gasteiger partial charge in [-0.3, -0.25) is 4.98 Å². The zero-order valence-corrected chi connectivity index (χ0v) is 6.28. The van der Waals surface area contributed by atoms with Crippen LogP contribution in [0.5, 0.6) is 0 Å². The number of hydrogen-bond donors (Lipinski definition) is 0. The summed E-state index contributed by atoms with van der Waals surface area (Å²) in [5.74, 6) is 0. The van der Waals surface area contributed by atoms with Crippen molar-refractivity contribution < 1.29 is 0 Å². The smallest absolute Gasteiger partial charge is 0.141 e. The van der Waals surface area contributed by atoms with Crippen LogP contribution in [-0.2, 0) is 0 Å². The standard InChI is InChI=1S/C7H4ClN3/c8-7-5-3-9-2-1-6(5)10-4-11-7/h1-4H. The zero-order chi connectivity index (χ0) is 7.68. The lowest BCUT2D eigenvalue weighted by Crippen LogP contribution is -1.83. The Bertz CT molecular complexity index is 383. The molecule has 2 rings (SSSR count). The highest BCUT2D eigenvalue weighted by Crippen LogP contribution is 2.16. The summed E-state index contributed by atoms with van der Waals surface area (Å²) in [7, 11) is 0. The molecule has 3 nitrogen and oxygen atoms in total. The second kappa shape index (κ2) is 2.43. The van der Waals surface area contributed by atoms with Crippen LogP contribution in [0, 0.1) is 0 Å². The van der Waals surface area contributed by atoms with Gasteiger partial charge >= 0.3 is 0 Å². The molecule has 0 aliphatic heterocycles. The van der Waals surface area contributed by atoms with Gasteiger partial charge in [0.2, 0.25) is 0 Å². The average molecular weight is 166 g/mol. The highest BCUT2D eigenvalue weighted by atomic mass is 35.5. The van der Waals surface area contributed by atoms with E-state index >= 15 is 0 Å². The highest BCUT2D eigenvalue weighted by Gasteiger charge is 1.97. The predicted octanol–water partition coefficient (Wildman–Crippen LogP) is 1.68. The summed E-state index contributed by atoms with van der Waals surface area (Å²) in [6.07, 6.45) is 4.76. The molecular formula is C7H4ClN3. The van der Waals surface area contributed by atoms with Crippen LogP contribution in [0.3, 0.4) is 0 Å². The van der Waals surface area contributed by atoms with E-state index in [4.69, 9.17) is 11.6 Å². The number of halogens is 1. The van der Waals surface area contributed by atoms with Gasteiger partial charge in [0.15, 0.2) is 0 Å². The second-order valence-corrected chi connectivity index (χ2v) is 2.42. The Kier molecular flexibility index (Phi) is 1.43. The van der Waals surface area contributed by atoms with Crippen LogP contribution in [0.15, 0.2) is 24.8 Å². The molecule has 0 bridgehead atoms. The van der Waals surface area contributed by atoms with E-state index in [0.717, 1.165) is 10.9 Å². The molecule has 0 aliphatic rings. The molecule has 11 heavy (non-hydrogen) atoms. The number of pyridine rings is 1. The van der Waals surface area contributed by atoms with Gasteiger partial charge in [-0.15, -0.1) is 0 Å². The van der Waals surface area contributed by atoms with Gasteiger partial charge < -0.3 is 0 Å². The Labute approximate surface area is 68.1 Å². The lowest BCUT2D eigenvalue weighted by atomic mass is 10.3. The van der Waals surface area contributed by atoms with Gasteiger partial charge in [0.1, 0.15) is 11.5 Å². The van der Waals surface area contributed by atoms with Crippen molar-refractivity contribution >= 4 is 22.5 Å². The molecule has 0 radical (unpaired) electrons. The lowest BCUT2D eigenvalue weighted by Gasteiger charge is -1.94. The summed E-state index contributed by atoms with van der Waals surface area (Å²) < 4.78 is 0. The molecule has 54 valence electrons. The van der Waals surface area contributed by atoms with Crippen LogP contribution in [0.25, 0.3) is 10.9 Å². The second-order valence-electron chi connectivity index (χ2n) is 2.06. The number of aromatic nitrogens is 3. The van der Waals surface area contributed by atoms with E-state index in [1.807, 2.05) is 0 Å². The third kappa shape index (κ3) is 1.03. The van der Waals surface area contributed by atoms with Crippen LogP contribution in [0.2, 0.25) is 5.15 Å². The molecule has 2 aromatic heterocycles. The predicted molar refractivity (Wildman–Crippen MR) is 42.3 cm³/mol. The molecule has 0 saturated carbocycles. The molecule has 0 saturated heterocycles. The molecule has 0 unspecified atom stereocenters. The molecular weight excluding hydrogens is 162 g/mol. The Morgan fingerprint density at radius 2 is 2.18 bits per heavy atom.